The lowest BCUT2D eigenvalue weighted by Crippen LogP contribution is -2.06. The van der Waals surface area contributed by atoms with Crippen LogP contribution in [0.4, 0.5) is 0 Å². The second-order valence-corrected chi connectivity index (χ2v) is 2.02. The van der Waals surface area contributed by atoms with Gasteiger partial charge in [0.15, 0.2) is 0 Å². The van der Waals surface area contributed by atoms with Gasteiger partial charge in [-0.25, -0.2) is 4.79 Å². The van der Waals surface area contributed by atoms with Gasteiger partial charge in [0.2, 0.25) is 0 Å². The molecule has 0 saturated heterocycles. The lowest BCUT2D eigenvalue weighted by molar-refractivity contribution is -0.135. The fraction of sp³-hybridized carbons (Fsp3) is 0.333. The highest BCUT2D eigenvalue weighted by atomic mass is 16.5. The zero-order valence-electron chi connectivity index (χ0n) is 5.47. The second kappa shape index (κ2) is 2.13. The molecule has 1 heterocycles. The molecule has 10 heavy (non-hydrogen) atoms. The summed E-state index contributed by atoms with van der Waals surface area (Å²) in [6, 6.07) is 0. The topological polar surface area (TPSA) is 70.4 Å². The fourth-order valence-corrected chi connectivity index (χ4v) is 0.766. The van der Waals surface area contributed by atoms with E-state index < -0.39 is 5.97 Å². The monoisotopic (exact) mass is 141 g/mol. The van der Waals surface area contributed by atoms with E-state index in [1.54, 1.807) is 0 Å². The van der Waals surface area contributed by atoms with Crippen molar-refractivity contribution in [3.8, 4) is 0 Å². The van der Waals surface area contributed by atoms with Crippen LogP contribution < -0.4 is 0 Å². The highest BCUT2D eigenvalue weighted by molar-refractivity contribution is 6.19. The summed E-state index contributed by atoms with van der Waals surface area (Å²) in [6.07, 6.45) is 0. The van der Waals surface area contributed by atoms with Crippen molar-refractivity contribution in [2.24, 2.45) is 0 Å². The van der Waals surface area contributed by atoms with Gasteiger partial charge in [-0.2, -0.15) is 0 Å². The molecule has 0 radical (unpaired) electrons. The van der Waals surface area contributed by atoms with Gasteiger partial charge >= 0.3 is 5.97 Å². The summed E-state index contributed by atoms with van der Waals surface area (Å²) in [4.78, 5) is 10.6. The minimum absolute atomic E-state index is 0.000000000000000222. The number of aliphatic hydroxyl groups excluding tert-OH is 1. The lowest BCUT2D eigenvalue weighted by Gasteiger charge is -1.92. The molecule has 4 heteroatoms. The number of cyclic esters (lactones) is 1. The zero-order valence-corrected chi connectivity index (χ0v) is 5.47. The predicted molar refractivity (Wildman–Crippen MR) is 34.0 cm³/mol. The van der Waals surface area contributed by atoms with E-state index in [0.29, 0.717) is 0 Å². The number of hydrogen-bond donors (Lipinski definition) is 2. The van der Waals surface area contributed by atoms with Gasteiger partial charge in [-0.1, -0.05) is 0 Å². The molecule has 4 nitrogen and oxygen atoms in total. The van der Waals surface area contributed by atoms with Crippen LogP contribution in [0.15, 0.2) is 11.3 Å². The quantitative estimate of drug-likeness (QED) is 0.410. The first kappa shape index (κ1) is 6.80. The molecule has 54 valence electrons. The maximum absolute atomic E-state index is 10.6. The third kappa shape index (κ3) is 0.877. The highest BCUT2D eigenvalue weighted by Crippen LogP contribution is 2.13. The Balaban J connectivity index is 2.99. The van der Waals surface area contributed by atoms with Crippen molar-refractivity contribution in [3.05, 3.63) is 11.3 Å². The van der Waals surface area contributed by atoms with Gasteiger partial charge in [-0.05, 0) is 6.92 Å². The summed E-state index contributed by atoms with van der Waals surface area (Å²) >= 11 is 0. The smallest absolute Gasteiger partial charge is 0.343 e. The Bertz CT molecular complexity index is 229. The molecule has 0 amide bonds. The molecule has 1 aliphatic heterocycles. The van der Waals surface area contributed by atoms with Crippen LogP contribution in [0.2, 0.25) is 0 Å². The number of hydrogen-bond acceptors (Lipinski definition) is 4. The Morgan fingerprint density at radius 2 is 2.40 bits per heavy atom. The Kier molecular flexibility index (Phi) is 1.45. The van der Waals surface area contributed by atoms with E-state index in [9.17, 15) is 4.79 Å². The van der Waals surface area contributed by atoms with E-state index in [-0.39, 0.29) is 23.7 Å². The van der Waals surface area contributed by atoms with Gasteiger partial charge in [-0.3, -0.25) is 0 Å². The molecule has 1 rings (SSSR count). The number of carbonyl (C=O) groups is 1. The number of ether oxygens (including phenoxy) is 1. The molecule has 0 fully saturated rings. The molecule has 0 aromatic carbocycles. The lowest BCUT2D eigenvalue weighted by atomic mass is 10.2. The van der Waals surface area contributed by atoms with Crippen molar-refractivity contribution in [3.63, 3.8) is 0 Å². The first-order valence-corrected chi connectivity index (χ1v) is 2.77. The molecule has 0 bridgehead atoms. The normalized spacial score (nSPS) is 17.5. The van der Waals surface area contributed by atoms with E-state index >= 15 is 0 Å². The molecule has 1 aliphatic rings. The highest BCUT2D eigenvalue weighted by Gasteiger charge is 2.25. The summed E-state index contributed by atoms with van der Waals surface area (Å²) in [7, 11) is 0. The molecule has 2 N–H and O–H groups in total. The largest absolute Gasteiger partial charge is 0.508 e. The number of aliphatic hydroxyl groups is 1. The van der Waals surface area contributed by atoms with Gasteiger partial charge in [0, 0.05) is 5.71 Å². The van der Waals surface area contributed by atoms with Crippen LogP contribution in [0.25, 0.3) is 0 Å². The first-order chi connectivity index (χ1) is 4.63. The summed E-state index contributed by atoms with van der Waals surface area (Å²) < 4.78 is 4.44. The Hall–Kier alpha value is -1.32. The average molecular weight is 141 g/mol. The first-order valence-electron chi connectivity index (χ1n) is 2.77. The van der Waals surface area contributed by atoms with Crippen LogP contribution in [0.3, 0.4) is 0 Å². The third-order valence-electron chi connectivity index (χ3n) is 1.21. The fourth-order valence-electron chi connectivity index (χ4n) is 0.766. The SMILES string of the molecule is CC(=N)C1=C(O)COC1=O. The Labute approximate surface area is 57.6 Å². The van der Waals surface area contributed by atoms with Crippen LogP contribution in [-0.4, -0.2) is 23.4 Å². The molecular formula is C6H7NO3. The van der Waals surface area contributed by atoms with E-state index in [4.69, 9.17) is 10.5 Å². The van der Waals surface area contributed by atoms with Gasteiger partial charge in [-0.15, -0.1) is 0 Å². The Morgan fingerprint density at radius 3 is 2.60 bits per heavy atom. The van der Waals surface area contributed by atoms with Gasteiger partial charge in [0.05, 0.1) is 0 Å². The molecular weight excluding hydrogens is 134 g/mol. The van der Waals surface area contributed by atoms with Crippen molar-refractivity contribution in [1.82, 2.24) is 0 Å². The van der Waals surface area contributed by atoms with E-state index in [2.05, 4.69) is 4.74 Å². The van der Waals surface area contributed by atoms with Crippen molar-refractivity contribution in [2.45, 2.75) is 6.92 Å². The van der Waals surface area contributed by atoms with Gasteiger partial charge < -0.3 is 15.3 Å². The number of carbonyl (C=O) groups excluding carboxylic acids is 1. The zero-order chi connectivity index (χ0) is 7.72. The molecule has 0 saturated carbocycles. The maximum Gasteiger partial charge on any atom is 0.343 e. The maximum atomic E-state index is 10.6. The third-order valence-corrected chi connectivity index (χ3v) is 1.21. The standard InChI is InChI=1S/C6H7NO3/c1-3(7)5-4(8)2-10-6(5)9/h7-8H,2H2,1H3. The molecule has 0 atom stereocenters. The predicted octanol–water partition coefficient (Wildman–Crippen LogP) is 0.395. The molecule has 0 spiro atoms. The minimum atomic E-state index is -0.606. The Morgan fingerprint density at radius 1 is 1.80 bits per heavy atom. The summed E-state index contributed by atoms with van der Waals surface area (Å²) in [5.74, 6) is -0.748. The molecule has 0 unspecified atom stereocenters. The van der Waals surface area contributed by atoms with Gasteiger partial charge in [0.25, 0.3) is 0 Å². The van der Waals surface area contributed by atoms with Crippen molar-refractivity contribution in [1.29, 1.82) is 5.41 Å². The van der Waals surface area contributed by atoms with E-state index in [0.717, 1.165) is 0 Å². The summed E-state index contributed by atoms with van der Waals surface area (Å²) in [6.45, 7) is 1.34. The van der Waals surface area contributed by atoms with E-state index in [1.807, 2.05) is 0 Å². The van der Waals surface area contributed by atoms with Crippen molar-refractivity contribution in [2.75, 3.05) is 6.61 Å². The molecule has 0 aliphatic carbocycles. The molecule has 0 aromatic heterocycles. The minimum Gasteiger partial charge on any atom is -0.508 e. The number of esters is 1. The van der Waals surface area contributed by atoms with Crippen LogP contribution in [-0.2, 0) is 9.53 Å². The van der Waals surface area contributed by atoms with Crippen LogP contribution in [0.5, 0.6) is 0 Å². The van der Waals surface area contributed by atoms with Gasteiger partial charge in [0.1, 0.15) is 17.9 Å². The van der Waals surface area contributed by atoms with Crippen LogP contribution in [0, 0.1) is 5.41 Å². The van der Waals surface area contributed by atoms with Crippen molar-refractivity contribution < 1.29 is 14.6 Å². The number of nitrogens with one attached hydrogen (secondary N) is 1. The number of rotatable bonds is 1. The van der Waals surface area contributed by atoms with Crippen molar-refractivity contribution >= 4 is 11.7 Å². The van der Waals surface area contributed by atoms with E-state index in [1.165, 1.54) is 6.92 Å². The molecule has 0 aromatic rings. The average Bonchev–Trinajstić information content (AvgIpc) is 2.11. The summed E-state index contributed by atoms with van der Waals surface area (Å²) in [5.41, 5.74) is 0.0417. The summed E-state index contributed by atoms with van der Waals surface area (Å²) in [5, 5.41) is 16.0. The van der Waals surface area contributed by atoms with Crippen LogP contribution >= 0.6 is 0 Å². The second-order valence-electron chi connectivity index (χ2n) is 2.02. The van der Waals surface area contributed by atoms with Crippen LogP contribution in [0.1, 0.15) is 6.92 Å².